The molecule has 1 atom stereocenters. The fourth-order valence-electron chi connectivity index (χ4n) is 2.41. The van der Waals surface area contributed by atoms with E-state index in [-0.39, 0.29) is 6.10 Å². The minimum atomic E-state index is 0.280. The first kappa shape index (κ1) is 13.9. The Labute approximate surface area is 114 Å². The summed E-state index contributed by atoms with van der Waals surface area (Å²) in [6, 6.07) is 7.91. The van der Waals surface area contributed by atoms with E-state index in [1.807, 2.05) is 18.2 Å². The van der Waals surface area contributed by atoms with Crippen LogP contribution in [0.4, 0.5) is 0 Å². The van der Waals surface area contributed by atoms with Crippen molar-refractivity contribution >= 4 is 0 Å². The molecular formula is C15H20N2O2. The lowest BCUT2D eigenvalue weighted by Gasteiger charge is -2.22. The number of rotatable bonds is 3. The zero-order valence-electron chi connectivity index (χ0n) is 11.6. The van der Waals surface area contributed by atoms with Gasteiger partial charge in [0.2, 0.25) is 0 Å². The summed E-state index contributed by atoms with van der Waals surface area (Å²) in [5.41, 5.74) is 1.75. The van der Waals surface area contributed by atoms with Crippen molar-refractivity contribution in [3.8, 4) is 11.8 Å². The van der Waals surface area contributed by atoms with Crippen LogP contribution >= 0.6 is 0 Å². The van der Waals surface area contributed by atoms with E-state index in [9.17, 15) is 0 Å². The van der Waals surface area contributed by atoms with Crippen LogP contribution < -0.4 is 4.74 Å². The molecule has 0 radical (unpaired) electrons. The van der Waals surface area contributed by atoms with E-state index in [2.05, 4.69) is 17.9 Å². The van der Waals surface area contributed by atoms with Gasteiger partial charge in [-0.1, -0.05) is 6.07 Å². The van der Waals surface area contributed by atoms with Gasteiger partial charge in [-0.25, -0.2) is 0 Å². The number of hydrogen-bond donors (Lipinski definition) is 0. The topological polar surface area (TPSA) is 45.5 Å². The molecule has 1 unspecified atom stereocenters. The molecule has 0 aliphatic carbocycles. The quantitative estimate of drug-likeness (QED) is 0.835. The van der Waals surface area contributed by atoms with E-state index in [0.717, 1.165) is 32.7 Å². The fraction of sp³-hybridized carbons (Fsp3) is 0.533. The highest BCUT2D eigenvalue weighted by atomic mass is 16.5. The molecule has 0 spiro atoms. The average Bonchev–Trinajstić information content (AvgIpc) is 2.63. The summed E-state index contributed by atoms with van der Waals surface area (Å²) in [6.07, 6.45) is 1.35. The van der Waals surface area contributed by atoms with E-state index in [1.54, 1.807) is 7.11 Å². The molecule has 1 aromatic carbocycles. The van der Waals surface area contributed by atoms with Crippen molar-refractivity contribution in [1.82, 2.24) is 4.90 Å². The second kappa shape index (κ2) is 6.55. The molecule has 1 aliphatic rings. The molecular weight excluding hydrogens is 240 g/mol. The van der Waals surface area contributed by atoms with Crippen molar-refractivity contribution in [2.75, 3.05) is 26.8 Å². The molecule has 4 heteroatoms. The maximum atomic E-state index is 8.98. The van der Waals surface area contributed by atoms with E-state index in [4.69, 9.17) is 14.7 Å². The second-order valence-corrected chi connectivity index (χ2v) is 4.92. The normalized spacial score (nSPS) is 20.6. The number of methoxy groups -OCH3 is 1. The molecule has 4 nitrogen and oxygen atoms in total. The molecule has 0 aromatic heterocycles. The van der Waals surface area contributed by atoms with E-state index >= 15 is 0 Å². The SMILES string of the molecule is COc1cc(CN2CCCOC(C)C2)ccc1C#N. The van der Waals surface area contributed by atoms with Gasteiger partial charge in [-0.2, -0.15) is 5.26 Å². The summed E-state index contributed by atoms with van der Waals surface area (Å²) in [6.45, 7) is 5.82. The highest BCUT2D eigenvalue weighted by Gasteiger charge is 2.15. The van der Waals surface area contributed by atoms with Crippen molar-refractivity contribution in [1.29, 1.82) is 5.26 Å². The van der Waals surface area contributed by atoms with Crippen LogP contribution in [0.3, 0.4) is 0 Å². The zero-order valence-corrected chi connectivity index (χ0v) is 11.6. The number of nitrogens with zero attached hydrogens (tertiary/aromatic N) is 2. The highest BCUT2D eigenvalue weighted by Crippen LogP contribution is 2.20. The first-order chi connectivity index (χ1) is 9.22. The molecule has 0 bridgehead atoms. The Kier molecular flexibility index (Phi) is 4.78. The van der Waals surface area contributed by atoms with Gasteiger partial charge in [-0.05, 0) is 31.0 Å². The van der Waals surface area contributed by atoms with Crippen molar-refractivity contribution in [2.45, 2.75) is 26.0 Å². The number of ether oxygens (including phenoxy) is 2. The first-order valence-corrected chi connectivity index (χ1v) is 6.64. The molecule has 1 fully saturated rings. The number of benzene rings is 1. The predicted octanol–water partition coefficient (Wildman–Crippen LogP) is 2.18. The van der Waals surface area contributed by atoms with Crippen molar-refractivity contribution in [3.63, 3.8) is 0 Å². The van der Waals surface area contributed by atoms with Gasteiger partial charge in [-0.3, -0.25) is 4.90 Å². The minimum absolute atomic E-state index is 0.280. The molecule has 0 N–H and O–H groups in total. The number of nitriles is 1. The van der Waals surface area contributed by atoms with Gasteiger partial charge in [-0.15, -0.1) is 0 Å². The third-order valence-corrected chi connectivity index (χ3v) is 3.33. The molecule has 1 aromatic rings. The summed E-state index contributed by atoms with van der Waals surface area (Å²) in [5.74, 6) is 0.652. The predicted molar refractivity (Wildman–Crippen MR) is 73.0 cm³/mol. The molecule has 19 heavy (non-hydrogen) atoms. The average molecular weight is 260 g/mol. The molecule has 2 rings (SSSR count). The summed E-state index contributed by atoms with van der Waals surface area (Å²) < 4.78 is 10.9. The Morgan fingerprint density at radius 2 is 2.37 bits per heavy atom. The van der Waals surface area contributed by atoms with Crippen molar-refractivity contribution in [2.24, 2.45) is 0 Å². The van der Waals surface area contributed by atoms with Crippen LogP contribution in [0.5, 0.6) is 5.75 Å². The molecule has 0 saturated carbocycles. The Hall–Kier alpha value is -1.57. The van der Waals surface area contributed by atoms with Gasteiger partial charge in [0.05, 0.1) is 18.8 Å². The van der Waals surface area contributed by atoms with Crippen molar-refractivity contribution in [3.05, 3.63) is 29.3 Å². The summed E-state index contributed by atoms with van der Waals surface area (Å²) in [5, 5.41) is 8.98. The minimum Gasteiger partial charge on any atom is -0.495 e. The Balaban J connectivity index is 2.08. The Morgan fingerprint density at radius 1 is 1.53 bits per heavy atom. The monoisotopic (exact) mass is 260 g/mol. The molecule has 1 aliphatic heterocycles. The highest BCUT2D eigenvalue weighted by molar-refractivity contribution is 5.45. The third kappa shape index (κ3) is 3.69. The third-order valence-electron chi connectivity index (χ3n) is 3.33. The lowest BCUT2D eigenvalue weighted by molar-refractivity contribution is 0.0668. The van der Waals surface area contributed by atoms with Gasteiger partial charge in [0, 0.05) is 26.2 Å². The Morgan fingerprint density at radius 3 is 3.11 bits per heavy atom. The maximum Gasteiger partial charge on any atom is 0.136 e. The lowest BCUT2D eigenvalue weighted by atomic mass is 10.1. The summed E-state index contributed by atoms with van der Waals surface area (Å²) in [4.78, 5) is 2.39. The largest absolute Gasteiger partial charge is 0.495 e. The maximum absolute atomic E-state index is 8.98. The van der Waals surface area contributed by atoms with Gasteiger partial charge in [0.1, 0.15) is 11.8 Å². The van der Waals surface area contributed by atoms with Crippen LogP contribution in [0.1, 0.15) is 24.5 Å². The second-order valence-electron chi connectivity index (χ2n) is 4.92. The van der Waals surface area contributed by atoms with Crippen LogP contribution in [0.15, 0.2) is 18.2 Å². The van der Waals surface area contributed by atoms with E-state index in [0.29, 0.717) is 11.3 Å². The van der Waals surface area contributed by atoms with E-state index < -0.39 is 0 Å². The van der Waals surface area contributed by atoms with E-state index in [1.165, 1.54) is 5.56 Å². The first-order valence-electron chi connectivity index (χ1n) is 6.64. The van der Waals surface area contributed by atoms with Gasteiger partial charge in [0.25, 0.3) is 0 Å². The molecule has 102 valence electrons. The van der Waals surface area contributed by atoms with Gasteiger partial charge >= 0.3 is 0 Å². The van der Waals surface area contributed by atoms with Gasteiger partial charge < -0.3 is 9.47 Å². The Bertz CT molecular complexity index is 468. The number of hydrogen-bond acceptors (Lipinski definition) is 4. The van der Waals surface area contributed by atoms with Crippen LogP contribution in [0, 0.1) is 11.3 Å². The summed E-state index contributed by atoms with van der Waals surface area (Å²) in [7, 11) is 1.60. The van der Waals surface area contributed by atoms with Crippen LogP contribution in [0.25, 0.3) is 0 Å². The zero-order chi connectivity index (χ0) is 13.7. The van der Waals surface area contributed by atoms with Crippen LogP contribution in [-0.4, -0.2) is 37.8 Å². The standard InChI is InChI=1S/C15H20N2O2/c1-12-10-17(6-3-7-19-12)11-13-4-5-14(9-16)15(8-13)18-2/h4-5,8,12H,3,6-7,10-11H2,1-2H3. The lowest BCUT2D eigenvalue weighted by Crippen LogP contribution is -2.29. The molecule has 1 heterocycles. The van der Waals surface area contributed by atoms with Crippen molar-refractivity contribution < 1.29 is 9.47 Å². The summed E-state index contributed by atoms with van der Waals surface area (Å²) >= 11 is 0. The van der Waals surface area contributed by atoms with Crippen LogP contribution in [0.2, 0.25) is 0 Å². The van der Waals surface area contributed by atoms with Crippen LogP contribution in [-0.2, 0) is 11.3 Å². The van der Waals surface area contributed by atoms with Gasteiger partial charge in [0.15, 0.2) is 0 Å². The fourth-order valence-corrected chi connectivity index (χ4v) is 2.41. The smallest absolute Gasteiger partial charge is 0.136 e. The molecule has 1 saturated heterocycles. The molecule has 0 amide bonds.